The van der Waals surface area contributed by atoms with Crippen molar-refractivity contribution >= 4 is 23.2 Å². The van der Waals surface area contributed by atoms with E-state index in [1.54, 1.807) is 28.9 Å². The third-order valence-corrected chi connectivity index (χ3v) is 3.43. The van der Waals surface area contributed by atoms with E-state index in [1.807, 2.05) is 0 Å². The van der Waals surface area contributed by atoms with Gasteiger partial charge in [-0.25, -0.2) is 4.98 Å². The number of nitrogens with zero attached hydrogens (tertiary/aromatic N) is 3. The van der Waals surface area contributed by atoms with E-state index in [-0.39, 0.29) is 12.1 Å². The number of rotatable bonds is 3. The highest BCUT2D eigenvalue weighted by Crippen LogP contribution is 2.27. The van der Waals surface area contributed by atoms with Crippen LogP contribution in [0.3, 0.4) is 0 Å². The van der Waals surface area contributed by atoms with Crippen molar-refractivity contribution in [3.05, 3.63) is 64.8 Å². The summed E-state index contributed by atoms with van der Waals surface area (Å²) in [5.74, 6) is -0.536. The lowest BCUT2D eigenvalue weighted by atomic mass is 10.2. The Bertz CT molecular complexity index is 890. The van der Waals surface area contributed by atoms with Gasteiger partial charge in [0.15, 0.2) is 0 Å². The van der Waals surface area contributed by atoms with Gasteiger partial charge in [-0.3, -0.25) is 9.78 Å². The zero-order valence-electron chi connectivity index (χ0n) is 12.0. The Hall–Kier alpha value is -2.61. The topological polar surface area (TPSA) is 59.3 Å². The second kappa shape index (κ2) is 6.12. The summed E-state index contributed by atoms with van der Waals surface area (Å²) in [5.41, 5.74) is 0.247. The molecule has 0 aliphatic carbocycles. The molecule has 0 aromatic carbocycles. The van der Waals surface area contributed by atoms with E-state index in [2.05, 4.69) is 15.3 Å². The summed E-state index contributed by atoms with van der Waals surface area (Å²) in [6.07, 6.45) is -0.268. The van der Waals surface area contributed by atoms with Gasteiger partial charge in [0.25, 0.3) is 5.91 Å². The molecule has 24 heavy (non-hydrogen) atoms. The SMILES string of the molecule is O=C(NCc1cn2cc(Cl)ccc2n1)c1ccc(C(F)(F)F)nc1. The van der Waals surface area contributed by atoms with Crippen molar-refractivity contribution in [2.75, 3.05) is 0 Å². The summed E-state index contributed by atoms with van der Waals surface area (Å²) in [5, 5.41) is 3.13. The Morgan fingerprint density at radius 3 is 2.67 bits per heavy atom. The molecular formula is C15H10ClF3N4O. The number of fused-ring (bicyclic) bond motifs is 1. The number of hydrogen-bond acceptors (Lipinski definition) is 3. The minimum atomic E-state index is -4.53. The van der Waals surface area contributed by atoms with Crippen molar-refractivity contribution in [3.63, 3.8) is 0 Å². The van der Waals surface area contributed by atoms with Gasteiger partial charge in [-0.1, -0.05) is 11.6 Å². The average Bonchev–Trinajstić information content (AvgIpc) is 2.94. The molecule has 0 fully saturated rings. The van der Waals surface area contributed by atoms with E-state index in [9.17, 15) is 18.0 Å². The Balaban J connectivity index is 1.68. The molecule has 0 bridgehead atoms. The Kier molecular flexibility index (Phi) is 4.15. The summed E-state index contributed by atoms with van der Waals surface area (Å²) in [6, 6.07) is 5.27. The van der Waals surface area contributed by atoms with Crippen LogP contribution in [0.15, 0.2) is 42.9 Å². The summed E-state index contributed by atoms with van der Waals surface area (Å²) in [4.78, 5) is 19.5. The molecule has 1 amide bonds. The number of hydrogen-bond donors (Lipinski definition) is 1. The molecule has 124 valence electrons. The van der Waals surface area contributed by atoms with Crippen LogP contribution >= 0.6 is 11.6 Å². The second-order valence-corrected chi connectivity index (χ2v) is 5.39. The zero-order chi connectivity index (χ0) is 17.3. The summed E-state index contributed by atoms with van der Waals surface area (Å²) < 4.78 is 39.0. The van der Waals surface area contributed by atoms with Crippen LogP contribution in [0.4, 0.5) is 13.2 Å². The third kappa shape index (κ3) is 3.48. The number of halogens is 4. The van der Waals surface area contributed by atoms with Gasteiger partial charge in [0.05, 0.1) is 22.8 Å². The fraction of sp³-hybridized carbons (Fsp3) is 0.133. The molecule has 0 unspecified atom stereocenters. The standard InChI is InChI=1S/C15H10ClF3N4O/c16-10-2-4-13-22-11(8-23(13)7-10)6-21-14(24)9-1-3-12(20-5-9)15(17,18)19/h1-5,7-8H,6H2,(H,21,24). The number of alkyl halides is 3. The maximum absolute atomic E-state index is 12.4. The molecule has 9 heteroatoms. The van der Waals surface area contributed by atoms with Crippen LogP contribution in [-0.2, 0) is 12.7 Å². The predicted molar refractivity (Wildman–Crippen MR) is 80.6 cm³/mol. The van der Waals surface area contributed by atoms with Crippen molar-refractivity contribution in [1.29, 1.82) is 0 Å². The summed E-state index contributed by atoms with van der Waals surface area (Å²) in [7, 11) is 0. The highest BCUT2D eigenvalue weighted by molar-refractivity contribution is 6.30. The first kappa shape index (κ1) is 16.3. The Labute approximate surface area is 139 Å². The molecule has 0 atom stereocenters. The molecule has 0 saturated heterocycles. The monoisotopic (exact) mass is 354 g/mol. The molecule has 0 aliphatic heterocycles. The zero-order valence-corrected chi connectivity index (χ0v) is 12.8. The maximum Gasteiger partial charge on any atom is 0.433 e. The number of amides is 1. The lowest BCUT2D eigenvalue weighted by Gasteiger charge is -2.06. The second-order valence-electron chi connectivity index (χ2n) is 4.96. The van der Waals surface area contributed by atoms with E-state index in [0.717, 1.165) is 18.3 Å². The van der Waals surface area contributed by atoms with Crippen molar-refractivity contribution in [1.82, 2.24) is 19.7 Å². The molecule has 3 rings (SSSR count). The molecule has 0 saturated carbocycles. The lowest BCUT2D eigenvalue weighted by Crippen LogP contribution is -2.23. The molecule has 3 heterocycles. The first-order chi connectivity index (χ1) is 11.3. The predicted octanol–water partition coefficient (Wildman–Crippen LogP) is 3.33. The molecule has 5 nitrogen and oxygen atoms in total. The molecule has 3 aromatic rings. The maximum atomic E-state index is 12.4. The highest BCUT2D eigenvalue weighted by atomic mass is 35.5. The number of pyridine rings is 2. The van der Waals surface area contributed by atoms with Crippen molar-refractivity contribution in [3.8, 4) is 0 Å². The van der Waals surface area contributed by atoms with Gasteiger partial charge in [0.2, 0.25) is 0 Å². The minimum Gasteiger partial charge on any atom is -0.346 e. The Morgan fingerprint density at radius 2 is 2.00 bits per heavy atom. The van der Waals surface area contributed by atoms with Crippen LogP contribution in [0.1, 0.15) is 21.7 Å². The number of carbonyl (C=O) groups excluding carboxylic acids is 1. The van der Waals surface area contributed by atoms with Crippen LogP contribution < -0.4 is 5.32 Å². The minimum absolute atomic E-state index is 0.0369. The fourth-order valence-corrected chi connectivity index (χ4v) is 2.24. The van der Waals surface area contributed by atoms with Gasteiger partial charge in [0.1, 0.15) is 11.3 Å². The van der Waals surface area contributed by atoms with Gasteiger partial charge in [-0.05, 0) is 24.3 Å². The van der Waals surface area contributed by atoms with Crippen LogP contribution in [-0.4, -0.2) is 20.3 Å². The molecule has 3 aromatic heterocycles. The van der Waals surface area contributed by atoms with Gasteiger partial charge < -0.3 is 9.72 Å². The fourth-order valence-electron chi connectivity index (χ4n) is 2.07. The first-order valence-corrected chi connectivity index (χ1v) is 7.15. The smallest absolute Gasteiger partial charge is 0.346 e. The number of nitrogens with one attached hydrogen (secondary N) is 1. The van der Waals surface area contributed by atoms with Crippen LogP contribution in [0.25, 0.3) is 5.65 Å². The van der Waals surface area contributed by atoms with Gasteiger partial charge in [-0.2, -0.15) is 13.2 Å². The van der Waals surface area contributed by atoms with Crippen LogP contribution in [0.2, 0.25) is 5.02 Å². The van der Waals surface area contributed by atoms with Gasteiger partial charge >= 0.3 is 6.18 Å². The lowest BCUT2D eigenvalue weighted by molar-refractivity contribution is -0.141. The van der Waals surface area contributed by atoms with E-state index >= 15 is 0 Å². The van der Waals surface area contributed by atoms with Crippen molar-refractivity contribution in [2.45, 2.75) is 12.7 Å². The van der Waals surface area contributed by atoms with Gasteiger partial charge in [0, 0.05) is 18.6 Å². The average molecular weight is 355 g/mol. The van der Waals surface area contributed by atoms with E-state index in [1.165, 1.54) is 0 Å². The van der Waals surface area contributed by atoms with E-state index in [0.29, 0.717) is 16.4 Å². The molecule has 0 radical (unpaired) electrons. The summed E-state index contributed by atoms with van der Waals surface area (Å²) in [6.45, 7) is 0.124. The van der Waals surface area contributed by atoms with Crippen molar-refractivity contribution < 1.29 is 18.0 Å². The molecular weight excluding hydrogens is 345 g/mol. The van der Waals surface area contributed by atoms with Crippen LogP contribution in [0, 0.1) is 0 Å². The quantitative estimate of drug-likeness (QED) is 0.785. The van der Waals surface area contributed by atoms with Gasteiger partial charge in [-0.15, -0.1) is 0 Å². The van der Waals surface area contributed by atoms with E-state index in [4.69, 9.17) is 11.6 Å². The number of carbonyl (C=O) groups is 1. The first-order valence-electron chi connectivity index (χ1n) is 6.77. The van der Waals surface area contributed by atoms with Crippen molar-refractivity contribution in [2.24, 2.45) is 0 Å². The summed E-state index contributed by atoms with van der Waals surface area (Å²) >= 11 is 5.87. The molecule has 1 N–H and O–H groups in total. The van der Waals surface area contributed by atoms with E-state index < -0.39 is 17.8 Å². The highest BCUT2D eigenvalue weighted by Gasteiger charge is 2.32. The molecule has 0 spiro atoms. The van der Waals surface area contributed by atoms with Crippen LogP contribution in [0.5, 0.6) is 0 Å². The normalized spacial score (nSPS) is 11.7. The number of aromatic nitrogens is 3. The number of imidazole rings is 1. The third-order valence-electron chi connectivity index (χ3n) is 3.21. The molecule has 0 aliphatic rings. The Morgan fingerprint density at radius 1 is 1.21 bits per heavy atom. The largest absolute Gasteiger partial charge is 0.433 e.